The molecule has 3 nitrogen and oxygen atoms in total. The minimum atomic E-state index is 0.296. The van der Waals surface area contributed by atoms with Crippen molar-refractivity contribution in [3.05, 3.63) is 17.0 Å². The van der Waals surface area contributed by atoms with Gasteiger partial charge in [-0.1, -0.05) is 20.8 Å². The van der Waals surface area contributed by atoms with Crippen molar-refractivity contribution in [2.75, 3.05) is 6.61 Å². The topological polar surface area (TPSA) is 35.0 Å². The van der Waals surface area contributed by atoms with Crippen LogP contribution in [-0.4, -0.2) is 16.6 Å². The zero-order valence-corrected chi connectivity index (χ0v) is 10.3. The van der Waals surface area contributed by atoms with E-state index >= 15 is 0 Å². The van der Waals surface area contributed by atoms with E-state index in [2.05, 4.69) is 46.7 Å². The molecule has 0 radical (unpaired) electrons. The number of hydrogen-bond donors (Lipinski definition) is 0. The van der Waals surface area contributed by atoms with Gasteiger partial charge < -0.3 is 4.74 Å². The summed E-state index contributed by atoms with van der Waals surface area (Å²) in [5, 5.41) is 0. The molecule has 0 fully saturated rings. The van der Waals surface area contributed by atoms with E-state index in [1.54, 1.807) is 6.07 Å². The zero-order valence-electron chi connectivity index (χ0n) is 8.75. The molecule has 78 valence electrons. The maximum absolute atomic E-state index is 5.48. The quantitative estimate of drug-likeness (QED) is 0.782. The van der Waals surface area contributed by atoms with Crippen molar-refractivity contribution in [1.82, 2.24) is 9.97 Å². The average Bonchev–Trinajstić information content (AvgIpc) is 2.01. The summed E-state index contributed by atoms with van der Waals surface area (Å²) in [6, 6.07) is 1.77. The SMILES string of the molecule is CC(C)(C)CCOc1cc(Br)ncn1. The first-order valence-corrected chi connectivity index (χ1v) is 5.37. The van der Waals surface area contributed by atoms with Crippen LogP contribution in [0, 0.1) is 5.41 Å². The fraction of sp³-hybridized carbons (Fsp3) is 0.600. The second-order valence-corrected chi connectivity index (χ2v) is 5.15. The van der Waals surface area contributed by atoms with Gasteiger partial charge in [0.1, 0.15) is 10.9 Å². The number of ether oxygens (including phenoxy) is 1. The molecule has 0 spiro atoms. The van der Waals surface area contributed by atoms with Crippen LogP contribution in [0.15, 0.2) is 17.0 Å². The Labute approximate surface area is 93.0 Å². The van der Waals surface area contributed by atoms with Gasteiger partial charge in [-0.2, -0.15) is 0 Å². The van der Waals surface area contributed by atoms with Gasteiger partial charge in [0, 0.05) is 6.07 Å². The van der Waals surface area contributed by atoms with Crippen molar-refractivity contribution in [3.8, 4) is 5.88 Å². The van der Waals surface area contributed by atoms with Crippen LogP contribution in [0.5, 0.6) is 5.88 Å². The molecular weight excluding hydrogens is 244 g/mol. The third kappa shape index (κ3) is 4.56. The highest BCUT2D eigenvalue weighted by atomic mass is 79.9. The van der Waals surface area contributed by atoms with Gasteiger partial charge in [-0.05, 0) is 27.8 Å². The Morgan fingerprint density at radius 1 is 1.36 bits per heavy atom. The van der Waals surface area contributed by atoms with Crippen LogP contribution in [0.25, 0.3) is 0 Å². The third-order valence-electron chi connectivity index (χ3n) is 1.71. The molecule has 0 aliphatic rings. The summed E-state index contributed by atoms with van der Waals surface area (Å²) in [6.45, 7) is 7.25. The smallest absolute Gasteiger partial charge is 0.217 e. The summed E-state index contributed by atoms with van der Waals surface area (Å²) in [6.07, 6.45) is 2.49. The van der Waals surface area contributed by atoms with Crippen LogP contribution in [0.3, 0.4) is 0 Å². The Morgan fingerprint density at radius 2 is 2.07 bits per heavy atom. The zero-order chi connectivity index (χ0) is 10.6. The Kier molecular flexibility index (Phi) is 3.86. The van der Waals surface area contributed by atoms with E-state index in [9.17, 15) is 0 Å². The molecule has 1 aromatic rings. The minimum Gasteiger partial charge on any atom is -0.478 e. The molecule has 0 atom stereocenters. The van der Waals surface area contributed by atoms with Gasteiger partial charge in [-0.25, -0.2) is 9.97 Å². The fourth-order valence-electron chi connectivity index (χ4n) is 0.858. The Bertz CT molecular complexity index is 296. The maximum atomic E-state index is 5.48. The van der Waals surface area contributed by atoms with Gasteiger partial charge in [-0.15, -0.1) is 0 Å². The highest BCUT2D eigenvalue weighted by molar-refractivity contribution is 9.10. The molecule has 14 heavy (non-hydrogen) atoms. The van der Waals surface area contributed by atoms with Crippen molar-refractivity contribution < 1.29 is 4.74 Å². The van der Waals surface area contributed by atoms with E-state index in [4.69, 9.17) is 4.74 Å². The molecule has 0 saturated heterocycles. The van der Waals surface area contributed by atoms with Gasteiger partial charge in [0.2, 0.25) is 5.88 Å². The second-order valence-electron chi connectivity index (χ2n) is 4.34. The maximum Gasteiger partial charge on any atom is 0.217 e. The first kappa shape index (κ1) is 11.4. The fourth-order valence-corrected chi connectivity index (χ4v) is 1.15. The van der Waals surface area contributed by atoms with Crippen LogP contribution < -0.4 is 4.74 Å². The minimum absolute atomic E-state index is 0.296. The molecule has 0 aliphatic heterocycles. The first-order chi connectivity index (χ1) is 6.47. The molecule has 0 bridgehead atoms. The van der Waals surface area contributed by atoms with Crippen molar-refractivity contribution >= 4 is 15.9 Å². The highest BCUT2D eigenvalue weighted by Gasteiger charge is 2.10. The summed E-state index contributed by atoms with van der Waals surface area (Å²) in [5.74, 6) is 0.621. The van der Waals surface area contributed by atoms with Crippen LogP contribution in [0.4, 0.5) is 0 Å². The Morgan fingerprint density at radius 3 is 2.64 bits per heavy atom. The van der Waals surface area contributed by atoms with E-state index in [0.29, 0.717) is 17.9 Å². The summed E-state index contributed by atoms with van der Waals surface area (Å²) >= 11 is 3.26. The lowest BCUT2D eigenvalue weighted by atomic mass is 9.93. The molecular formula is C10H15BrN2O. The van der Waals surface area contributed by atoms with Crippen molar-refractivity contribution in [2.45, 2.75) is 27.2 Å². The number of rotatable bonds is 3. The van der Waals surface area contributed by atoms with E-state index in [1.807, 2.05) is 0 Å². The molecule has 0 aliphatic carbocycles. The van der Waals surface area contributed by atoms with Gasteiger partial charge in [-0.3, -0.25) is 0 Å². The third-order valence-corrected chi connectivity index (χ3v) is 2.14. The summed E-state index contributed by atoms with van der Waals surface area (Å²) < 4.78 is 6.23. The monoisotopic (exact) mass is 258 g/mol. The molecule has 1 heterocycles. The van der Waals surface area contributed by atoms with Gasteiger partial charge in [0.05, 0.1) is 6.61 Å². The van der Waals surface area contributed by atoms with Gasteiger partial charge >= 0.3 is 0 Å². The molecule has 0 saturated carbocycles. The largest absolute Gasteiger partial charge is 0.478 e. The van der Waals surface area contributed by atoms with Gasteiger partial charge in [0.25, 0.3) is 0 Å². The van der Waals surface area contributed by atoms with Crippen molar-refractivity contribution in [3.63, 3.8) is 0 Å². The highest BCUT2D eigenvalue weighted by Crippen LogP contribution is 2.19. The lowest BCUT2D eigenvalue weighted by Crippen LogP contribution is -2.11. The second kappa shape index (κ2) is 4.73. The van der Waals surface area contributed by atoms with E-state index in [-0.39, 0.29) is 0 Å². The number of nitrogens with zero attached hydrogens (tertiary/aromatic N) is 2. The lowest BCUT2D eigenvalue weighted by molar-refractivity contribution is 0.236. The molecule has 0 N–H and O–H groups in total. The van der Waals surface area contributed by atoms with Crippen molar-refractivity contribution in [2.24, 2.45) is 5.41 Å². The van der Waals surface area contributed by atoms with Crippen LogP contribution in [-0.2, 0) is 0 Å². The van der Waals surface area contributed by atoms with Crippen LogP contribution in [0.2, 0.25) is 0 Å². The summed E-state index contributed by atoms with van der Waals surface area (Å²) in [7, 11) is 0. The molecule has 0 unspecified atom stereocenters. The number of halogens is 1. The Balaban J connectivity index is 2.39. The molecule has 4 heteroatoms. The summed E-state index contributed by atoms with van der Waals surface area (Å²) in [5.41, 5.74) is 0.296. The van der Waals surface area contributed by atoms with Crippen LogP contribution in [0.1, 0.15) is 27.2 Å². The molecule has 1 rings (SSSR count). The van der Waals surface area contributed by atoms with E-state index in [0.717, 1.165) is 11.0 Å². The molecule has 0 aromatic carbocycles. The Hall–Kier alpha value is -0.640. The molecule has 0 amide bonds. The number of aromatic nitrogens is 2. The first-order valence-electron chi connectivity index (χ1n) is 4.58. The summed E-state index contributed by atoms with van der Waals surface area (Å²) in [4.78, 5) is 7.92. The normalized spacial score (nSPS) is 11.4. The van der Waals surface area contributed by atoms with E-state index in [1.165, 1.54) is 6.33 Å². The predicted molar refractivity (Wildman–Crippen MR) is 59.3 cm³/mol. The predicted octanol–water partition coefficient (Wildman–Crippen LogP) is 3.05. The average molecular weight is 259 g/mol. The van der Waals surface area contributed by atoms with E-state index < -0.39 is 0 Å². The van der Waals surface area contributed by atoms with Crippen molar-refractivity contribution in [1.29, 1.82) is 0 Å². The standard InChI is InChI=1S/C10H15BrN2O/c1-10(2,3)4-5-14-9-6-8(11)12-7-13-9/h6-7H,4-5H2,1-3H3. The number of hydrogen-bond acceptors (Lipinski definition) is 3. The van der Waals surface area contributed by atoms with Crippen LogP contribution >= 0.6 is 15.9 Å². The van der Waals surface area contributed by atoms with Gasteiger partial charge in [0.15, 0.2) is 0 Å². The molecule has 1 aromatic heterocycles. The lowest BCUT2D eigenvalue weighted by Gasteiger charge is -2.17.